The molecule has 126 valence electrons. The molecule has 3 aromatic heterocycles. The van der Waals surface area contributed by atoms with Crippen molar-refractivity contribution in [1.29, 1.82) is 0 Å². The number of H-pyrrole nitrogens is 1. The highest BCUT2D eigenvalue weighted by molar-refractivity contribution is 6.07. The molecule has 4 aromatic rings. The molecule has 0 saturated carbocycles. The van der Waals surface area contributed by atoms with Crippen molar-refractivity contribution < 1.29 is 5.11 Å². The van der Waals surface area contributed by atoms with Gasteiger partial charge in [-0.05, 0) is 31.0 Å². The van der Waals surface area contributed by atoms with E-state index in [2.05, 4.69) is 24.9 Å². The molecule has 7 heteroatoms. The second-order valence-electron chi connectivity index (χ2n) is 5.98. The summed E-state index contributed by atoms with van der Waals surface area (Å²) in [5.74, 6) is 1.96. The Morgan fingerprint density at radius 1 is 1.12 bits per heavy atom. The van der Waals surface area contributed by atoms with E-state index in [-0.39, 0.29) is 6.61 Å². The van der Waals surface area contributed by atoms with Gasteiger partial charge in [0.05, 0.1) is 5.52 Å². The van der Waals surface area contributed by atoms with E-state index in [0.29, 0.717) is 18.7 Å². The molecule has 0 radical (unpaired) electrons. The minimum absolute atomic E-state index is 0.132. The summed E-state index contributed by atoms with van der Waals surface area (Å²) in [4.78, 5) is 20.9. The number of aryl methyl sites for hydroxylation is 2. The number of hydrogen-bond donors (Lipinski definition) is 3. The fourth-order valence-electron chi connectivity index (χ4n) is 2.90. The molecule has 0 fully saturated rings. The molecule has 0 saturated heterocycles. The van der Waals surface area contributed by atoms with Gasteiger partial charge in [0.1, 0.15) is 28.5 Å². The molecule has 0 spiro atoms. The second kappa shape index (κ2) is 6.10. The molecule has 0 amide bonds. The van der Waals surface area contributed by atoms with E-state index in [1.165, 1.54) is 0 Å². The number of nitrogens with two attached hydrogens (primary N) is 1. The Labute approximate surface area is 144 Å². The van der Waals surface area contributed by atoms with Gasteiger partial charge >= 0.3 is 0 Å². The van der Waals surface area contributed by atoms with Gasteiger partial charge in [-0.2, -0.15) is 0 Å². The highest BCUT2D eigenvalue weighted by Crippen LogP contribution is 2.29. The first kappa shape index (κ1) is 15.5. The molecule has 4 rings (SSSR count). The lowest BCUT2D eigenvalue weighted by Gasteiger charge is -2.05. The maximum Gasteiger partial charge on any atom is 0.150 e. The van der Waals surface area contributed by atoms with Gasteiger partial charge in [-0.25, -0.2) is 19.9 Å². The van der Waals surface area contributed by atoms with Crippen LogP contribution in [-0.2, 0) is 6.42 Å². The minimum atomic E-state index is 0.132. The molecule has 0 aliphatic carbocycles. The van der Waals surface area contributed by atoms with Gasteiger partial charge in [0.2, 0.25) is 0 Å². The number of anilines is 1. The quantitative estimate of drug-likeness (QED) is 0.528. The lowest BCUT2D eigenvalue weighted by Crippen LogP contribution is -1.94. The van der Waals surface area contributed by atoms with Crippen LogP contribution in [0.3, 0.4) is 0 Å². The summed E-state index contributed by atoms with van der Waals surface area (Å²) in [6, 6.07) is 5.98. The standard InChI is InChI=1S/C18H18N6O/c1-10-20-8-12(9-21-10)11-4-5-13-14(7-11)22-18(19)17-16(13)23-15(24-17)3-2-6-25/h4-5,7-9,25H,2-3,6H2,1H3,(H2,19,22)(H,23,24). The normalized spacial score (nSPS) is 11.4. The Balaban J connectivity index is 1.85. The van der Waals surface area contributed by atoms with Gasteiger partial charge in [0, 0.05) is 36.4 Å². The van der Waals surface area contributed by atoms with Crippen LogP contribution in [0.15, 0.2) is 30.6 Å². The van der Waals surface area contributed by atoms with Crippen LogP contribution in [0.1, 0.15) is 18.1 Å². The van der Waals surface area contributed by atoms with E-state index in [1.54, 1.807) is 12.4 Å². The van der Waals surface area contributed by atoms with Gasteiger partial charge < -0.3 is 15.8 Å². The number of nitrogen functional groups attached to an aromatic ring is 1. The Kier molecular flexibility index (Phi) is 3.77. The molecule has 4 N–H and O–H groups in total. The summed E-state index contributed by atoms with van der Waals surface area (Å²) in [7, 11) is 0. The zero-order chi connectivity index (χ0) is 17.4. The lowest BCUT2D eigenvalue weighted by atomic mass is 10.1. The van der Waals surface area contributed by atoms with E-state index in [0.717, 1.165) is 44.7 Å². The number of imidazole rings is 1. The number of pyridine rings is 1. The fraction of sp³-hybridized carbons (Fsp3) is 0.222. The first-order chi connectivity index (χ1) is 12.2. The van der Waals surface area contributed by atoms with Crippen molar-refractivity contribution in [2.24, 2.45) is 0 Å². The first-order valence-corrected chi connectivity index (χ1v) is 8.13. The number of aromatic amines is 1. The monoisotopic (exact) mass is 334 g/mol. The van der Waals surface area contributed by atoms with Crippen molar-refractivity contribution in [3.8, 4) is 11.1 Å². The van der Waals surface area contributed by atoms with Crippen molar-refractivity contribution in [3.05, 3.63) is 42.2 Å². The SMILES string of the molecule is Cc1ncc(-c2ccc3c(c2)nc(N)c2[nH]c(CCCO)nc23)cn1. The van der Waals surface area contributed by atoms with Crippen LogP contribution < -0.4 is 5.73 Å². The van der Waals surface area contributed by atoms with E-state index < -0.39 is 0 Å². The third kappa shape index (κ3) is 2.78. The van der Waals surface area contributed by atoms with E-state index in [9.17, 15) is 0 Å². The van der Waals surface area contributed by atoms with Gasteiger partial charge in [-0.3, -0.25) is 0 Å². The molecule has 0 aliphatic heterocycles. The smallest absolute Gasteiger partial charge is 0.150 e. The summed E-state index contributed by atoms with van der Waals surface area (Å²) >= 11 is 0. The van der Waals surface area contributed by atoms with E-state index in [1.807, 2.05) is 25.1 Å². The summed E-state index contributed by atoms with van der Waals surface area (Å²) in [6.07, 6.45) is 4.92. The molecule has 3 heterocycles. The van der Waals surface area contributed by atoms with Gasteiger partial charge in [0.25, 0.3) is 0 Å². The topological polar surface area (TPSA) is 114 Å². The average Bonchev–Trinajstić information content (AvgIpc) is 3.05. The molecule has 1 aromatic carbocycles. The Hall–Kier alpha value is -3.06. The number of fused-ring (bicyclic) bond motifs is 3. The summed E-state index contributed by atoms with van der Waals surface area (Å²) < 4.78 is 0. The van der Waals surface area contributed by atoms with Crippen LogP contribution >= 0.6 is 0 Å². The molecule has 0 atom stereocenters. The van der Waals surface area contributed by atoms with Crippen LogP contribution in [0, 0.1) is 6.92 Å². The fourth-order valence-corrected chi connectivity index (χ4v) is 2.90. The first-order valence-electron chi connectivity index (χ1n) is 8.13. The van der Waals surface area contributed by atoms with Gasteiger partial charge in [-0.1, -0.05) is 6.07 Å². The Morgan fingerprint density at radius 2 is 1.92 bits per heavy atom. The maximum atomic E-state index is 9.00. The summed E-state index contributed by atoms with van der Waals surface area (Å²) in [5, 5.41) is 9.93. The number of aliphatic hydroxyl groups is 1. The number of benzene rings is 1. The predicted octanol–water partition coefficient (Wildman–Crippen LogP) is 2.38. The van der Waals surface area contributed by atoms with E-state index in [4.69, 9.17) is 10.8 Å². The maximum absolute atomic E-state index is 9.00. The number of aliphatic hydroxyl groups excluding tert-OH is 1. The van der Waals surface area contributed by atoms with Crippen LogP contribution in [0.25, 0.3) is 33.1 Å². The van der Waals surface area contributed by atoms with Crippen LogP contribution in [0.2, 0.25) is 0 Å². The van der Waals surface area contributed by atoms with Crippen molar-refractivity contribution in [2.75, 3.05) is 12.3 Å². The average molecular weight is 334 g/mol. The summed E-state index contributed by atoms with van der Waals surface area (Å²) in [6.45, 7) is 1.99. The third-order valence-corrected chi connectivity index (χ3v) is 4.19. The highest BCUT2D eigenvalue weighted by atomic mass is 16.2. The minimum Gasteiger partial charge on any atom is -0.396 e. The van der Waals surface area contributed by atoms with Crippen LogP contribution in [-0.4, -0.2) is 36.6 Å². The second-order valence-corrected chi connectivity index (χ2v) is 5.98. The predicted molar refractivity (Wildman–Crippen MR) is 97.0 cm³/mol. The van der Waals surface area contributed by atoms with Crippen LogP contribution in [0.5, 0.6) is 0 Å². The lowest BCUT2D eigenvalue weighted by molar-refractivity contribution is 0.287. The van der Waals surface area contributed by atoms with Crippen LogP contribution in [0.4, 0.5) is 5.82 Å². The molecular formula is C18H18N6O. The van der Waals surface area contributed by atoms with Crippen molar-refractivity contribution in [2.45, 2.75) is 19.8 Å². The number of rotatable bonds is 4. The molecular weight excluding hydrogens is 316 g/mol. The number of nitrogens with zero attached hydrogens (tertiary/aromatic N) is 4. The Morgan fingerprint density at radius 3 is 2.68 bits per heavy atom. The summed E-state index contributed by atoms with van der Waals surface area (Å²) in [5.41, 5.74) is 10.4. The molecule has 25 heavy (non-hydrogen) atoms. The molecule has 7 nitrogen and oxygen atoms in total. The van der Waals surface area contributed by atoms with E-state index >= 15 is 0 Å². The zero-order valence-electron chi connectivity index (χ0n) is 13.8. The van der Waals surface area contributed by atoms with Crippen molar-refractivity contribution >= 4 is 27.8 Å². The third-order valence-electron chi connectivity index (χ3n) is 4.19. The zero-order valence-corrected chi connectivity index (χ0v) is 13.8. The number of aromatic nitrogens is 5. The molecule has 0 unspecified atom stereocenters. The van der Waals surface area contributed by atoms with Crippen molar-refractivity contribution in [1.82, 2.24) is 24.9 Å². The Bertz CT molecular complexity index is 1050. The number of nitrogens with one attached hydrogen (secondary N) is 1. The van der Waals surface area contributed by atoms with Gasteiger partial charge in [0.15, 0.2) is 0 Å². The number of hydrogen-bond acceptors (Lipinski definition) is 6. The van der Waals surface area contributed by atoms with Gasteiger partial charge in [-0.15, -0.1) is 0 Å². The molecule has 0 aliphatic rings. The highest BCUT2D eigenvalue weighted by Gasteiger charge is 2.12. The molecule has 0 bridgehead atoms. The van der Waals surface area contributed by atoms with Crippen molar-refractivity contribution in [3.63, 3.8) is 0 Å². The largest absolute Gasteiger partial charge is 0.396 e.